The Morgan fingerprint density at radius 2 is 1.80 bits per heavy atom. The van der Waals surface area contributed by atoms with Gasteiger partial charge in [-0.05, 0) is 49.1 Å². The van der Waals surface area contributed by atoms with Crippen LogP contribution in [0.3, 0.4) is 0 Å². The minimum absolute atomic E-state index is 0.0596. The van der Waals surface area contributed by atoms with E-state index in [9.17, 15) is 5.11 Å². The van der Waals surface area contributed by atoms with E-state index in [0.717, 1.165) is 5.56 Å². The number of nitrogen functional groups attached to an aromatic ring is 1. The molecule has 5 heteroatoms. The maximum Gasteiger partial charge on any atom is 0.123 e. The van der Waals surface area contributed by atoms with Crippen LogP contribution in [0.4, 0.5) is 5.82 Å². The zero-order valence-corrected chi connectivity index (χ0v) is 20.1. The highest BCUT2D eigenvalue weighted by molar-refractivity contribution is 8.00. The molecule has 1 aromatic carbocycles. The Bertz CT molecular complexity index is 1020. The number of rotatable bonds is 6. The summed E-state index contributed by atoms with van der Waals surface area (Å²) in [6.45, 7) is 15.6. The van der Waals surface area contributed by atoms with E-state index in [-0.39, 0.29) is 4.75 Å². The van der Waals surface area contributed by atoms with Crippen molar-refractivity contribution < 1.29 is 5.11 Å². The van der Waals surface area contributed by atoms with E-state index in [2.05, 4.69) is 62.4 Å². The summed E-state index contributed by atoms with van der Waals surface area (Å²) in [5.74, 6) is 0.989. The van der Waals surface area contributed by atoms with Gasteiger partial charge in [0.05, 0.1) is 5.60 Å². The summed E-state index contributed by atoms with van der Waals surface area (Å²) in [7, 11) is 0. The summed E-state index contributed by atoms with van der Waals surface area (Å²) < 4.78 is 2.41. The molecule has 2 aromatic heterocycles. The molecular weight excluding hydrogens is 390 g/mol. The van der Waals surface area contributed by atoms with E-state index < -0.39 is 5.60 Å². The van der Waals surface area contributed by atoms with Crippen LogP contribution in [0, 0.1) is 0 Å². The lowest BCUT2D eigenvalue weighted by atomic mass is 10.0. The second-order valence-corrected chi connectivity index (χ2v) is 11.9. The average Bonchev–Trinajstić information content (AvgIpc) is 2.87. The van der Waals surface area contributed by atoms with Crippen LogP contribution in [0.2, 0.25) is 0 Å². The maximum absolute atomic E-state index is 10.7. The smallest absolute Gasteiger partial charge is 0.123 e. The minimum atomic E-state index is -0.806. The highest BCUT2D eigenvalue weighted by Gasteiger charge is 2.27. The summed E-state index contributed by atoms with van der Waals surface area (Å²) in [4.78, 5) is 5.54. The predicted octanol–water partition coefficient (Wildman–Crippen LogP) is 5.99. The predicted molar refractivity (Wildman–Crippen MR) is 129 cm³/mol. The lowest BCUT2D eigenvalue weighted by Crippen LogP contribution is -2.24. The van der Waals surface area contributed by atoms with Crippen LogP contribution < -0.4 is 5.73 Å². The van der Waals surface area contributed by atoms with Gasteiger partial charge >= 0.3 is 0 Å². The van der Waals surface area contributed by atoms with Gasteiger partial charge in [0, 0.05) is 45.4 Å². The topological polar surface area (TPSA) is 64.1 Å². The highest BCUT2D eigenvalue weighted by Crippen LogP contribution is 2.43. The van der Waals surface area contributed by atoms with E-state index >= 15 is 0 Å². The summed E-state index contributed by atoms with van der Waals surface area (Å²) in [5, 5.41) is 12.0. The lowest BCUT2D eigenvalue weighted by molar-refractivity contribution is 0.0785. The molecule has 0 atom stereocenters. The number of nitrogens with zero attached hydrogens (tertiary/aromatic N) is 2. The quantitative estimate of drug-likeness (QED) is 0.476. The Balaban J connectivity index is 2.27. The molecular formula is C25H35N3OS. The molecule has 30 heavy (non-hydrogen) atoms. The van der Waals surface area contributed by atoms with Gasteiger partial charge in [0.15, 0.2) is 0 Å². The van der Waals surface area contributed by atoms with Crippen molar-refractivity contribution in [3.05, 3.63) is 53.3 Å². The van der Waals surface area contributed by atoms with Gasteiger partial charge in [-0.2, -0.15) is 0 Å². The fourth-order valence-corrected chi connectivity index (χ4v) is 4.84. The Morgan fingerprint density at radius 1 is 1.10 bits per heavy atom. The minimum Gasteiger partial charge on any atom is -0.390 e. The number of thioether (sulfide) groups is 1. The van der Waals surface area contributed by atoms with Crippen molar-refractivity contribution in [1.29, 1.82) is 0 Å². The van der Waals surface area contributed by atoms with Crippen molar-refractivity contribution in [2.24, 2.45) is 0 Å². The molecule has 0 spiro atoms. The summed E-state index contributed by atoms with van der Waals surface area (Å²) >= 11 is 1.88. The molecule has 162 valence electrons. The molecule has 0 aliphatic rings. The van der Waals surface area contributed by atoms with E-state index in [1.807, 2.05) is 43.9 Å². The summed E-state index contributed by atoms with van der Waals surface area (Å²) in [5.41, 5.74) is 9.78. The molecule has 0 aliphatic heterocycles. The number of hydrogen-bond acceptors (Lipinski definition) is 4. The van der Waals surface area contributed by atoms with Crippen molar-refractivity contribution >= 4 is 28.5 Å². The zero-order chi connectivity index (χ0) is 22.3. The highest BCUT2D eigenvalue weighted by atomic mass is 32.2. The fraction of sp³-hybridized carbons (Fsp3) is 0.480. The standard InChI is InChI=1S/C25H35N3OS/c1-16(2)18-9-10-20-19(12-18)23(30-24(3,4)5)21(13-25(6,7)29)28(20)15-17-8-11-22(26)27-14-17/h8-12,14,16,29H,13,15H2,1-7H3,(H2,26,27). The monoisotopic (exact) mass is 425 g/mol. The Hall–Kier alpha value is -1.98. The van der Waals surface area contributed by atoms with Crippen LogP contribution in [0.1, 0.15) is 71.2 Å². The van der Waals surface area contributed by atoms with Gasteiger partial charge in [-0.25, -0.2) is 4.98 Å². The third kappa shape index (κ3) is 5.38. The first-order chi connectivity index (χ1) is 13.8. The van der Waals surface area contributed by atoms with Gasteiger partial charge in [0.2, 0.25) is 0 Å². The van der Waals surface area contributed by atoms with Crippen LogP contribution in [0.15, 0.2) is 41.4 Å². The first kappa shape index (κ1) is 22.7. The molecule has 4 nitrogen and oxygen atoms in total. The molecule has 3 rings (SSSR count). The maximum atomic E-state index is 10.7. The van der Waals surface area contributed by atoms with Gasteiger partial charge in [-0.3, -0.25) is 0 Å². The van der Waals surface area contributed by atoms with Crippen molar-refractivity contribution in [2.75, 3.05) is 5.73 Å². The molecule has 0 saturated heterocycles. The van der Waals surface area contributed by atoms with Gasteiger partial charge < -0.3 is 15.4 Å². The second kappa shape index (κ2) is 8.27. The molecule has 0 fully saturated rings. The molecule has 3 aromatic rings. The lowest BCUT2D eigenvalue weighted by Gasteiger charge is -2.23. The molecule has 0 saturated carbocycles. The first-order valence-electron chi connectivity index (χ1n) is 10.6. The van der Waals surface area contributed by atoms with E-state index in [4.69, 9.17) is 5.73 Å². The van der Waals surface area contributed by atoms with Crippen molar-refractivity contribution in [3.63, 3.8) is 0 Å². The second-order valence-electron chi connectivity index (χ2n) is 10.1. The average molecular weight is 426 g/mol. The zero-order valence-electron chi connectivity index (χ0n) is 19.3. The molecule has 0 radical (unpaired) electrons. The Kier molecular flexibility index (Phi) is 6.26. The molecule has 0 unspecified atom stereocenters. The van der Waals surface area contributed by atoms with Crippen LogP contribution in [0.25, 0.3) is 10.9 Å². The van der Waals surface area contributed by atoms with Gasteiger partial charge in [0.25, 0.3) is 0 Å². The number of benzene rings is 1. The molecule has 0 bridgehead atoms. The number of hydrogen-bond donors (Lipinski definition) is 2. The van der Waals surface area contributed by atoms with Crippen LogP contribution in [0.5, 0.6) is 0 Å². The molecule has 0 aliphatic carbocycles. The van der Waals surface area contributed by atoms with Crippen molar-refractivity contribution in [3.8, 4) is 0 Å². The van der Waals surface area contributed by atoms with Crippen LogP contribution in [-0.2, 0) is 13.0 Å². The third-order valence-corrected chi connectivity index (χ3v) is 6.28. The summed E-state index contributed by atoms with van der Waals surface area (Å²) in [6.07, 6.45) is 2.42. The van der Waals surface area contributed by atoms with Crippen LogP contribution in [-0.4, -0.2) is 25.0 Å². The van der Waals surface area contributed by atoms with Crippen molar-refractivity contribution in [2.45, 2.75) is 82.6 Å². The van der Waals surface area contributed by atoms with E-state index in [0.29, 0.717) is 24.7 Å². The van der Waals surface area contributed by atoms with Gasteiger partial charge in [0.1, 0.15) is 5.82 Å². The van der Waals surface area contributed by atoms with Gasteiger partial charge in [-0.15, -0.1) is 11.8 Å². The van der Waals surface area contributed by atoms with E-state index in [1.54, 1.807) is 0 Å². The number of pyridine rings is 1. The normalized spacial score (nSPS) is 12.8. The molecule has 3 N–H and O–H groups in total. The Labute approximate surface area is 184 Å². The fourth-order valence-electron chi connectivity index (χ4n) is 3.65. The summed E-state index contributed by atoms with van der Waals surface area (Å²) in [6, 6.07) is 10.7. The van der Waals surface area contributed by atoms with Gasteiger partial charge in [-0.1, -0.05) is 46.8 Å². The molecule has 2 heterocycles. The Morgan fingerprint density at radius 3 is 2.33 bits per heavy atom. The van der Waals surface area contributed by atoms with Crippen LogP contribution >= 0.6 is 11.8 Å². The number of nitrogens with two attached hydrogens (primary N) is 1. The van der Waals surface area contributed by atoms with Crippen molar-refractivity contribution in [1.82, 2.24) is 9.55 Å². The number of aromatic nitrogens is 2. The third-order valence-electron chi connectivity index (χ3n) is 5.01. The largest absolute Gasteiger partial charge is 0.390 e. The number of aliphatic hydroxyl groups is 1. The SMILES string of the molecule is CC(C)c1ccc2c(c1)c(SC(C)(C)C)c(CC(C)(C)O)n2Cc1ccc(N)nc1. The number of fused-ring (bicyclic) bond motifs is 1. The number of anilines is 1. The molecule has 0 amide bonds. The first-order valence-corrected chi connectivity index (χ1v) is 11.4. The van der Waals surface area contributed by atoms with E-state index in [1.165, 1.54) is 27.1 Å².